The lowest BCUT2D eigenvalue weighted by molar-refractivity contribution is 0.155. The molecule has 2 unspecified atom stereocenters. The van der Waals surface area contributed by atoms with Crippen LogP contribution in [0.3, 0.4) is 0 Å². The number of aliphatic hydroxyl groups is 1. The SMILES string of the molecule is CC(CC(O)c1ccc(F)cc1)NC/C=C/c1ccc(C#N)cc1. The molecule has 3 nitrogen and oxygen atoms in total. The molecule has 0 heterocycles. The summed E-state index contributed by atoms with van der Waals surface area (Å²) in [5.41, 5.74) is 2.40. The monoisotopic (exact) mass is 324 g/mol. The van der Waals surface area contributed by atoms with E-state index in [2.05, 4.69) is 11.4 Å². The van der Waals surface area contributed by atoms with Gasteiger partial charge in [-0.1, -0.05) is 36.4 Å². The van der Waals surface area contributed by atoms with Crippen LogP contribution in [0.5, 0.6) is 0 Å². The van der Waals surface area contributed by atoms with Crippen molar-refractivity contribution in [2.45, 2.75) is 25.5 Å². The summed E-state index contributed by atoms with van der Waals surface area (Å²) in [5.74, 6) is -0.301. The highest BCUT2D eigenvalue weighted by Crippen LogP contribution is 2.18. The van der Waals surface area contributed by atoms with Gasteiger partial charge in [0.05, 0.1) is 17.7 Å². The van der Waals surface area contributed by atoms with Crippen LogP contribution in [0.15, 0.2) is 54.6 Å². The number of halogens is 1. The fourth-order valence-electron chi connectivity index (χ4n) is 2.37. The molecule has 2 rings (SSSR count). The van der Waals surface area contributed by atoms with Crippen molar-refractivity contribution in [2.75, 3.05) is 6.54 Å². The van der Waals surface area contributed by atoms with Crippen LogP contribution in [0.25, 0.3) is 6.08 Å². The highest BCUT2D eigenvalue weighted by Gasteiger charge is 2.11. The first-order valence-corrected chi connectivity index (χ1v) is 7.92. The van der Waals surface area contributed by atoms with Gasteiger partial charge in [-0.3, -0.25) is 0 Å². The number of benzene rings is 2. The van der Waals surface area contributed by atoms with Crippen molar-refractivity contribution in [2.24, 2.45) is 0 Å². The summed E-state index contributed by atoms with van der Waals surface area (Å²) in [6.45, 7) is 2.68. The summed E-state index contributed by atoms with van der Waals surface area (Å²) in [6, 6.07) is 15.5. The van der Waals surface area contributed by atoms with Gasteiger partial charge in [-0.2, -0.15) is 5.26 Å². The number of rotatable bonds is 7. The molecular formula is C20H21FN2O. The van der Waals surface area contributed by atoms with Gasteiger partial charge in [0.15, 0.2) is 0 Å². The zero-order chi connectivity index (χ0) is 17.4. The van der Waals surface area contributed by atoms with Crippen molar-refractivity contribution < 1.29 is 9.50 Å². The molecule has 24 heavy (non-hydrogen) atoms. The number of nitrogens with zero attached hydrogens (tertiary/aromatic N) is 1. The first kappa shape index (κ1) is 17.9. The lowest BCUT2D eigenvalue weighted by Gasteiger charge is -2.17. The van der Waals surface area contributed by atoms with Crippen molar-refractivity contribution in [3.8, 4) is 6.07 Å². The molecule has 2 atom stereocenters. The standard InChI is InChI=1S/C20H21FN2O/c1-15(13-20(24)18-8-10-19(21)11-9-18)23-12-2-3-16-4-6-17(14-22)7-5-16/h2-11,15,20,23-24H,12-13H2,1H3/b3-2+. The maximum Gasteiger partial charge on any atom is 0.123 e. The molecule has 2 aromatic carbocycles. The average molecular weight is 324 g/mol. The summed E-state index contributed by atoms with van der Waals surface area (Å²) >= 11 is 0. The van der Waals surface area contributed by atoms with E-state index in [0.29, 0.717) is 18.5 Å². The predicted molar refractivity (Wildman–Crippen MR) is 93.6 cm³/mol. The maximum absolute atomic E-state index is 12.9. The lowest BCUT2D eigenvalue weighted by Crippen LogP contribution is -2.27. The van der Waals surface area contributed by atoms with Crippen LogP contribution in [-0.2, 0) is 0 Å². The minimum Gasteiger partial charge on any atom is -0.388 e. The van der Waals surface area contributed by atoms with E-state index in [4.69, 9.17) is 5.26 Å². The number of nitriles is 1. The van der Waals surface area contributed by atoms with Gasteiger partial charge in [-0.05, 0) is 48.7 Å². The van der Waals surface area contributed by atoms with Crippen molar-refractivity contribution in [3.05, 3.63) is 77.1 Å². The van der Waals surface area contributed by atoms with Gasteiger partial charge in [0.2, 0.25) is 0 Å². The smallest absolute Gasteiger partial charge is 0.123 e. The van der Waals surface area contributed by atoms with Gasteiger partial charge < -0.3 is 10.4 Å². The molecule has 0 saturated heterocycles. The summed E-state index contributed by atoms with van der Waals surface area (Å²) in [5, 5.41) is 22.2. The molecule has 0 aliphatic carbocycles. The molecule has 0 fully saturated rings. The van der Waals surface area contributed by atoms with Crippen molar-refractivity contribution in [3.63, 3.8) is 0 Å². The molecule has 0 amide bonds. The first-order chi connectivity index (χ1) is 11.6. The summed E-state index contributed by atoms with van der Waals surface area (Å²) in [6.07, 6.45) is 3.92. The number of hydrogen-bond donors (Lipinski definition) is 2. The Hall–Kier alpha value is -2.48. The van der Waals surface area contributed by atoms with Gasteiger partial charge in [0.1, 0.15) is 5.82 Å². The Balaban J connectivity index is 1.76. The minimum atomic E-state index is -0.615. The normalized spacial score (nSPS) is 13.6. The molecular weight excluding hydrogens is 303 g/mol. The fourth-order valence-corrected chi connectivity index (χ4v) is 2.37. The zero-order valence-corrected chi connectivity index (χ0v) is 13.6. The van der Waals surface area contributed by atoms with Crippen molar-refractivity contribution in [1.29, 1.82) is 5.26 Å². The topological polar surface area (TPSA) is 56.0 Å². The average Bonchev–Trinajstić information content (AvgIpc) is 2.59. The van der Waals surface area contributed by atoms with E-state index in [-0.39, 0.29) is 11.9 Å². The van der Waals surface area contributed by atoms with Crippen LogP contribution < -0.4 is 5.32 Å². The van der Waals surface area contributed by atoms with Gasteiger partial charge in [0, 0.05) is 12.6 Å². The van der Waals surface area contributed by atoms with Crippen molar-refractivity contribution in [1.82, 2.24) is 5.32 Å². The Morgan fingerprint density at radius 3 is 2.46 bits per heavy atom. The summed E-state index contributed by atoms with van der Waals surface area (Å²) in [7, 11) is 0. The van der Waals surface area contributed by atoms with E-state index in [9.17, 15) is 9.50 Å². The predicted octanol–water partition coefficient (Wildman–Crippen LogP) is 3.81. The van der Waals surface area contributed by atoms with Crippen molar-refractivity contribution >= 4 is 6.08 Å². The lowest BCUT2D eigenvalue weighted by atomic mass is 10.0. The van der Waals surface area contributed by atoms with Crippen LogP contribution in [0, 0.1) is 17.1 Å². The molecule has 2 aromatic rings. The quantitative estimate of drug-likeness (QED) is 0.814. The largest absolute Gasteiger partial charge is 0.388 e. The second-order valence-electron chi connectivity index (χ2n) is 5.75. The van der Waals surface area contributed by atoms with Gasteiger partial charge >= 0.3 is 0 Å². The maximum atomic E-state index is 12.9. The second kappa shape index (κ2) is 8.97. The number of aliphatic hydroxyl groups excluding tert-OH is 1. The third-order valence-electron chi connectivity index (χ3n) is 3.77. The molecule has 2 N–H and O–H groups in total. The van der Waals surface area contributed by atoms with E-state index in [1.54, 1.807) is 24.3 Å². The third kappa shape index (κ3) is 5.62. The van der Waals surface area contributed by atoms with Crippen LogP contribution in [0.1, 0.15) is 36.1 Å². The molecule has 124 valence electrons. The van der Waals surface area contributed by atoms with E-state index >= 15 is 0 Å². The fraction of sp³-hybridized carbons (Fsp3) is 0.250. The van der Waals surface area contributed by atoms with Crippen LogP contribution in [0.4, 0.5) is 4.39 Å². The van der Waals surface area contributed by atoms with E-state index in [0.717, 1.165) is 11.1 Å². The molecule has 0 aliphatic heterocycles. The van der Waals surface area contributed by atoms with E-state index in [1.807, 2.05) is 31.2 Å². The molecule has 0 aliphatic rings. The highest BCUT2D eigenvalue weighted by molar-refractivity contribution is 5.51. The van der Waals surface area contributed by atoms with Crippen LogP contribution in [0.2, 0.25) is 0 Å². The van der Waals surface area contributed by atoms with E-state index < -0.39 is 6.10 Å². The van der Waals surface area contributed by atoms with Gasteiger partial charge in [-0.25, -0.2) is 4.39 Å². The van der Waals surface area contributed by atoms with Crippen LogP contribution >= 0.6 is 0 Å². The Kier molecular flexibility index (Phi) is 6.68. The van der Waals surface area contributed by atoms with Gasteiger partial charge in [-0.15, -0.1) is 0 Å². The first-order valence-electron chi connectivity index (χ1n) is 7.92. The second-order valence-corrected chi connectivity index (χ2v) is 5.75. The summed E-state index contributed by atoms with van der Waals surface area (Å²) < 4.78 is 12.9. The molecule has 4 heteroatoms. The third-order valence-corrected chi connectivity index (χ3v) is 3.77. The molecule has 0 spiro atoms. The Morgan fingerprint density at radius 1 is 1.17 bits per heavy atom. The zero-order valence-electron chi connectivity index (χ0n) is 13.6. The van der Waals surface area contributed by atoms with Crippen LogP contribution in [-0.4, -0.2) is 17.7 Å². The minimum absolute atomic E-state index is 0.121. The Morgan fingerprint density at radius 2 is 1.83 bits per heavy atom. The number of hydrogen-bond acceptors (Lipinski definition) is 3. The molecule has 0 radical (unpaired) electrons. The molecule has 0 aromatic heterocycles. The molecule has 0 bridgehead atoms. The highest BCUT2D eigenvalue weighted by atomic mass is 19.1. The molecule has 0 saturated carbocycles. The Bertz CT molecular complexity index is 702. The summed E-state index contributed by atoms with van der Waals surface area (Å²) in [4.78, 5) is 0. The van der Waals surface area contributed by atoms with Gasteiger partial charge in [0.25, 0.3) is 0 Å². The number of nitrogens with one attached hydrogen (secondary N) is 1. The Labute approximate surface area is 142 Å². The van der Waals surface area contributed by atoms with E-state index in [1.165, 1.54) is 12.1 Å².